The summed E-state index contributed by atoms with van der Waals surface area (Å²) in [5, 5.41) is 3.74. The second kappa shape index (κ2) is 5.50. The Morgan fingerprint density at radius 2 is 1.78 bits per heavy atom. The van der Waals surface area contributed by atoms with Crippen molar-refractivity contribution < 1.29 is 0 Å². The molecular formula is C16H30N2. The summed E-state index contributed by atoms with van der Waals surface area (Å²) in [6.07, 6.45) is 8.71. The van der Waals surface area contributed by atoms with Gasteiger partial charge in [0.05, 0.1) is 0 Å². The van der Waals surface area contributed by atoms with Crippen LogP contribution in [-0.4, -0.2) is 36.6 Å². The summed E-state index contributed by atoms with van der Waals surface area (Å²) >= 11 is 0. The molecule has 0 aromatic rings. The summed E-state index contributed by atoms with van der Waals surface area (Å²) in [6, 6.07) is 1.75. The number of piperidine rings is 1. The van der Waals surface area contributed by atoms with Crippen molar-refractivity contribution in [3.8, 4) is 0 Å². The van der Waals surface area contributed by atoms with Gasteiger partial charge in [0.25, 0.3) is 0 Å². The van der Waals surface area contributed by atoms with Gasteiger partial charge in [0, 0.05) is 18.6 Å². The summed E-state index contributed by atoms with van der Waals surface area (Å²) in [5.41, 5.74) is 0. The molecule has 1 aliphatic heterocycles. The Balaban J connectivity index is 1.53. The molecule has 3 rings (SSSR count). The Morgan fingerprint density at radius 3 is 2.28 bits per heavy atom. The second-order valence-electron chi connectivity index (χ2n) is 6.99. The molecule has 2 saturated carbocycles. The van der Waals surface area contributed by atoms with E-state index in [2.05, 4.69) is 24.1 Å². The Morgan fingerprint density at radius 1 is 1.11 bits per heavy atom. The molecule has 2 unspecified atom stereocenters. The Hall–Kier alpha value is -0.0800. The smallest absolute Gasteiger partial charge is 0.0152 e. The van der Waals surface area contributed by atoms with Crippen LogP contribution in [0.25, 0.3) is 0 Å². The Kier molecular flexibility index (Phi) is 3.95. The number of hydrogen-bond donors (Lipinski definition) is 1. The van der Waals surface area contributed by atoms with Gasteiger partial charge in [-0.25, -0.2) is 0 Å². The van der Waals surface area contributed by atoms with Crippen LogP contribution < -0.4 is 5.32 Å². The standard InChI is InChI=1S/C16H30N2/c1-3-9-17-15-8-10-18(11-12(15)2)16(13-4-5-13)14-6-7-14/h12-17H,3-11H2,1-2H3. The zero-order valence-electron chi connectivity index (χ0n) is 12.2. The second-order valence-corrected chi connectivity index (χ2v) is 6.99. The molecule has 18 heavy (non-hydrogen) atoms. The Labute approximate surface area is 113 Å². The van der Waals surface area contributed by atoms with Crippen molar-refractivity contribution in [3.05, 3.63) is 0 Å². The van der Waals surface area contributed by atoms with Crippen LogP contribution in [0, 0.1) is 17.8 Å². The van der Waals surface area contributed by atoms with Gasteiger partial charge in [0.1, 0.15) is 0 Å². The molecule has 104 valence electrons. The van der Waals surface area contributed by atoms with Gasteiger partial charge in [0.15, 0.2) is 0 Å². The Bertz CT molecular complexity index is 258. The average Bonchev–Trinajstić information content (AvgIpc) is 3.23. The van der Waals surface area contributed by atoms with Gasteiger partial charge >= 0.3 is 0 Å². The molecule has 2 heteroatoms. The van der Waals surface area contributed by atoms with Crippen molar-refractivity contribution in [3.63, 3.8) is 0 Å². The monoisotopic (exact) mass is 250 g/mol. The number of nitrogens with zero attached hydrogens (tertiary/aromatic N) is 1. The molecule has 0 aromatic carbocycles. The molecule has 0 bridgehead atoms. The van der Waals surface area contributed by atoms with Gasteiger partial charge in [-0.3, -0.25) is 4.90 Å². The molecule has 2 aliphatic carbocycles. The first-order valence-corrected chi connectivity index (χ1v) is 8.27. The van der Waals surface area contributed by atoms with E-state index in [1.165, 1.54) is 58.2 Å². The van der Waals surface area contributed by atoms with Gasteiger partial charge in [-0.15, -0.1) is 0 Å². The summed E-state index contributed by atoms with van der Waals surface area (Å²) in [7, 11) is 0. The van der Waals surface area contributed by atoms with Crippen molar-refractivity contribution in [2.75, 3.05) is 19.6 Å². The average molecular weight is 250 g/mol. The first kappa shape index (κ1) is 12.9. The number of nitrogens with one attached hydrogen (secondary N) is 1. The van der Waals surface area contributed by atoms with Crippen LogP contribution in [0.5, 0.6) is 0 Å². The van der Waals surface area contributed by atoms with E-state index in [0.717, 1.165) is 29.8 Å². The normalized spacial score (nSPS) is 34.2. The minimum Gasteiger partial charge on any atom is -0.314 e. The number of hydrogen-bond acceptors (Lipinski definition) is 2. The van der Waals surface area contributed by atoms with Gasteiger partial charge < -0.3 is 5.32 Å². The molecule has 1 heterocycles. The topological polar surface area (TPSA) is 15.3 Å². The van der Waals surface area contributed by atoms with E-state index >= 15 is 0 Å². The van der Waals surface area contributed by atoms with Crippen LogP contribution in [0.2, 0.25) is 0 Å². The maximum absolute atomic E-state index is 3.74. The maximum atomic E-state index is 3.74. The molecule has 2 nitrogen and oxygen atoms in total. The molecule has 3 aliphatic rings. The summed E-state index contributed by atoms with van der Waals surface area (Å²) in [4.78, 5) is 2.87. The lowest BCUT2D eigenvalue weighted by atomic mass is 9.91. The summed E-state index contributed by atoms with van der Waals surface area (Å²) in [5.74, 6) is 2.99. The highest BCUT2D eigenvalue weighted by atomic mass is 15.2. The quantitative estimate of drug-likeness (QED) is 0.780. The fraction of sp³-hybridized carbons (Fsp3) is 1.00. The number of rotatable bonds is 6. The lowest BCUT2D eigenvalue weighted by molar-refractivity contribution is 0.0815. The van der Waals surface area contributed by atoms with E-state index in [1.54, 1.807) is 0 Å². The van der Waals surface area contributed by atoms with Crippen LogP contribution in [0.3, 0.4) is 0 Å². The van der Waals surface area contributed by atoms with E-state index < -0.39 is 0 Å². The highest BCUT2D eigenvalue weighted by molar-refractivity contribution is 4.99. The fourth-order valence-corrected chi connectivity index (χ4v) is 3.94. The van der Waals surface area contributed by atoms with Crippen LogP contribution >= 0.6 is 0 Å². The van der Waals surface area contributed by atoms with Gasteiger partial charge in [0.2, 0.25) is 0 Å². The molecule has 2 atom stereocenters. The van der Waals surface area contributed by atoms with Crippen molar-refractivity contribution in [1.82, 2.24) is 10.2 Å². The molecule has 1 N–H and O–H groups in total. The summed E-state index contributed by atoms with van der Waals surface area (Å²) < 4.78 is 0. The lowest BCUT2D eigenvalue weighted by Crippen LogP contribution is -2.52. The van der Waals surface area contributed by atoms with E-state index in [4.69, 9.17) is 0 Å². The molecule has 1 saturated heterocycles. The van der Waals surface area contributed by atoms with Crippen LogP contribution in [0.4, 0.5) is 0 Å². The molecular weight excluding hydrogens is 220 g/mol. The van der Waals surface area contributed by atoms with E-state index in [9.17, 15) is 0 Å². The van der Waals surface area contributed by atoms with Crippen LogP contribution in [0.15, 0.2) is 0 Å². The van der Waals surface area contributed by atoms with Crippen molar-refractivity contribution >= 4 is 0 Å². The van der Waals surface area contributed by atoms with E-state index in [0.29, 0.717) is 0 Å². The van der Waals surface area contributed by atoms with E-state index in [-0.39, 0.29) is 0 Å². The molecule has 0 spiro atoms. The minimum absolute atomic E-state index is 0.778. The SMILES string of the molecule is CCCNC1CCN(C(C2CC2)C2CC2)CC1C. The van der Waals surface area contributed by atoms with Crippen molar-refractivity contribution in [2.24, 2.45) is 17.8 Å². The van der Waals surface area contributed by atoms with Crippen LogP contribution in [-0.2, 0) is 0 Å². The molecule has 3 fully saturated rings. The van der Waals surface area contributed by atoms with Crippen molar-refractivity contribution in [1.29, 1.82) is 0 Å². The van der Waals surface area contributed by atoms with E-state index in [1.807, 2.05) is 0 Å². The highest BCUT2D eigenvalue weighted by Crippen LogP contribution is 2.47. The first-order valence-electron chi connectivity index (χ1n) is 8.27. The predicted molar refractivity (Wildman–Crippen MR) is 76.7 cm³/mol. The van der Waals surface area contributed by atoms with Gasteiger partial charge in [-0.2, -0.15) is 0 Å². The van der Waals surface area contributed by atoms with Crippen molar-refractivity contribution in [2.45, 2.75) is 64.5 Å². The third kappa shape index (κ3) is 2.91. The maximum Gasteiger partial charge on any atom is 0.0152 e. The third-order valence-corrected chi connectivity index (χ3v) is 5.22. The zero-order valence-corrected chi connectivity index (χ0v) is 12.2. The van der Waals surface area contributed by atoms with Gasteiger partial charge in [-0.05, 0) is 69.4 Å². The minimum atomic E-state index is 0.778. The largest absolute Gasteiger partial charge is 0.314 e. The first-order chi connectivity index (χ1) is 8.79. The molecule has 0 aromatic heterocycles. The molecule has 0 radical (unpaired) electrons. The zero-order chi connectivity index (χ0) is 12.5. The summed E-state index contributed by atoms with van der Waals surface area (Å²) in [6.45, 7) is 8.62. The third-order valence-electron chi connectivity index (χ3n) is 5.22. The predicted octanol–water partition coefficient (Wildman–Crippen LogP) is 2.89. The molecule has 0 amide bonds. The fourth-order valence-electron chi connectivity index (χ4n) is 3.94. The van der Waals surface area contributed by atoms with Crippen LogP contribution in [0.1, 0.15) is 52.4 Å². The van der Waals surface area contributed by atoms with Gasteiger partial charge in [-0.1, -0.05) is 13.8 Å². The lowest BCUT2D eigenvalue weighted by Gasteiger charge is -2.42. The highest BCUT2D eigenvalue weighted by Gasteiger charge is 2.45. The number of likely N-dealkylation sites (tertiary alicyclic amines) is 1.